The Morgan fingerprint density at radius 2 is 1.61 bits per heavy atom. The van der Waals surface area contributed by atoms with Crippen LogP contribution < -0.4 is 14.4 Å². The first kappa shape index (κ1) is 34.0. The van der Waals surface area contributed by atoms with E-state index < -0.39 is 16.1 Å². The summed E-state index contributed by atoms with van der Waals surface area (Å²) in [4.78, 5) is 34.3. The molecule has 49 heavy (non-hydrogen) atoms. The predicted octanol–water partition coefficient (Wildman–Crippen LogP) is 4.18. The third-order valence-electron chi connectivity index (χ3n) is 11.1. The molecule has 1 saturated carbocycles. The molecule has 2 amide bonds. The number of carbonyl (C=O) groups excluding carboxylic acids is 2. The van der Waals surface area contributed by atoms with Gasteiger partial charge in [0.1, 0.15) is 5.75 Å². The number of hydrogen-bond acceptors (Lipinski definition) is 8. The summed E-state index contributed by atoms with van der Waals surface area (Å²) in [5, 5.41) is 0. The number of piperazine rings is 1. The maximum Gasteiger partial charge on any atom is 0.304 e. The number of fused-ring (bicyclic) bond motifs is 5. The van der Waals surface area contributed by atoms with E-state index in [2.05, 4.69) is 20.6 Å². The van der Waals surface area contributed by atoms with Crippen LogP contribution in [0.2, 0.25) is 0 Å². The van der Waals surface area contributed by atoms with Gasteiger partial charge in [0.25, 0.3) is 11.8 Å². The quantitative estimate of drug-likeness (QED) is 0.481. The van der Waals surface area contributed by atoms with E-state index in [-0.39, 0.29) is 35.6 Å². The van der Waals surface area contributed by atoms with Crippen molar-refractivity contribution in [1.29, 1.82) is 0 Å². The van der Waals surface area contributed by atoms with Gasteiger partial charge in [-0.05, 0) is 86.7 Å². The highest BCUT2D eigenvalue weighted by atomic mass is 32.2. The molecule has 0 aromatic heterocycles. The number of methoxy groups -OCH3 is 1. The zero-order valence-electron chi connectivity index (χ0n) is 29.1. The van der Waals surface area contributed by atoms with Gasteiger partial charge in [-0.25, -0.2) is 4.72 Å². The minimum Gasteiger partial charge on any atom is -0.497 e. The Labute approximate surface area is 290 Å². The smallest absolute Gasteiger partial charge is 0.304 e. The van der Waals surface area contributed by atoms with E-state index in [0.29, 0.717) is 57.3 Å². The topological polar surface area (TPSA) is 112 Å². The predicted molar refractivity (Wildman–Crippen MR) is 189 cm³/mol. The Kier molecular flexibility index (Phi) is 9.51. The molecular formula is C37H49N5O6S. The van der Waals surface area contributed by atoms with Crippen LogP contribution in [0, 0.1) is 5.92 Å². The van der Waals surface area contributed by atoms with Crippen molar-refractivity contribution >= 4 is 33.8 Å². The first-order valence-corrected chi connectivity index (χ1v) is 19.2. The lowest BCUT2D eigenvalue weighted by molar-refractivity contribution is -0.139. The van der Waals surface area contributed by atoms with Gasteiger partial charge in [-0.3, -0.25) is 9.59 Å². The summed E-state index contributed by atoms with van der Waals surface area (Å²) in [6.45, 7) is 7.26. The van der Waals surface area contributed by atoms with Crippen LogP contribution in [0.25, 0.3) is 6.08 Å². The largest absolute Gasteiger partial charge is 0.497 e. The van der Waals surface area contributed by atoms with Crippen LogP contribution in [0.5, 0.6) is 5.75 Å². The standard InChI is InChI=1S/C37H49N5O6S/c1-24-21-40(22-25(2)48-24)37(44)29-18-28-19-30(47-4)11-13-31(28)35-34(26-8-6-5-7-9-26)32-12-10-27(20-33(32)42(35)23-29)36(43)38-49(45,46)41-16-14-39(3)15-17-41/h10-13,18-20,24-26,34-35H,5-9,14-17,21-23H2,1-4H3,(H,38,43)/t24-,25+,34?,35?. The molecule has 1 N–H and O–H groups in total. The highest BCUT2D eigenvalue weighted by molar-refractivity contribution is 7.87. The Morgan fingerprint density at radius 3 is 2.31 bits per heavy atom. The number of nitrogens with one attached hydrogen (secondary N) is 1. The molecule has 2 unspecified atom stereocenters. The fourth-order valence-corrected chi connectivity index (χ4v) is 9.84. The van der Waals surface area contributed by atoms with Gasteiger partial charge in [-0.2, -0.15) is 12.7 Å². The monoisotopic (exact) mass is 691 g/mol. The number of anilines is 1. The van der Waals surface area contributed by atoms with Crippen molar-refractivity contribution in [2.24, 2.45) is 5.92 Å². The molecule has 264 valence electrons. The molecule has 7 rings (SSSR count). The second-order valence-corrected chi connectivity index (χ2v) is 16.2. The molecule has 4 heterocycles. The van der Waals surface area contributed by atoms with Crippen LogP contribution >= 0.6 is 0 Å². The highest BCUT2D eigenvalue weighted by Crippen LogP contribution is 2.57. The van der Waals surface area contributed by atoms with Crippen molar-refractivity contribution in [1.82, 2.24) is 18.8 Å². The van der Waals surface area contributed by atoms with E-state index in [1.165, 1.54) is 23.6 Å². The molecule has 3 fully saturated rings. The number of morpholine rings is 1. The van der Waals surface area contributed by atoms with Crippen molar-refractivity contribution in [3.8, 4) is 5.75 Å². The van der Waals surface area contributed by atoms with Gasteiger partial charge in [-0.15, -0.1) is 0 Å². The van der Waals surface area contributed by atoms with Gasteiger partial charge in [0, 0.05) is 68.6 Å². The van der Waals surface area contributed by atoms with Crippen LogP contribution in [0.3, 0.4) is 0 Å². The molecule has 5 aliphatic rings. The Bertz CT molecular complexity index is 1720. The van der Waals surface area contributed by atoms with Crippen molar-refractivity contribution in [3.63, 3.8) is 0 Å². The van der Waals surface area contributed by atoms with Crippen molar-refractivity contribution in [2.75, 3.05) is 64.9 Å². The Balaban J connectivity index is 1.28. The lowest BCUT2D eigenvalue weighted by Gasteiger charge is -2.37. The second-order valence-electron chi connectivity index (χ2n) is 14.5. The van der Waals surface area contributed by atoms with Crippen molar-refractivity contribution in [2.45, 2.75) is 70.1 Å². The van der Waals surface area contributed by atoms with E-state index in [9.17, 15) is 18.0 Å². The minimum absolute atomic E-state index is 0.0220. The maximum atomic E-state index is 14.4. The van der Waals surface area contributed by atoms with Gasteiger partial charge < -0.3 is 24.2 Å². The molecule has 1 aliphatic carbocycles. The number of likely N-dealkylation sites (N-methyl/N-ethyl adjacent to an activating group) is 1. The second kappa shape index (κ2) is 13.7. The molecule has 2 aromatic carbocycles. The lowest BCUT2D eigenvalue weighted by atomic mass is 9.73. The molecule has 4 atom stereocenters. The fourth-order valence-electron chi connectivity index (χ4n) is 8.72. The number of hydrogen-bond donors (Lipinski definition) is 1. The van der Waals surface area contributed by atoms with Crippen LogP contribution in [-0.2, 0) is 19.7 Å². The van der Waals surface area contributed by atoms with E-state index in [4.69, 9.17) is 9.47 Å². The lowest BCUT2D eigenvalue weighted by Crippen LogP contribution is -2.52. The molecule has 11 nitrogen and oxygen atoms in total. The number of nitrogens with zero attached hydrogens (tertiary/aromatic N) is 4. The van der Waals surface area contributed by atoms with Crippen LogP contribution in [-0.4, -0.2) is 107 Å². The third-order valence-corrected chi connectivity index (χ3v) is 12.6. The van der Waals surface area contributed by atoms with E-state index in [1.54, 1.807) is 13.2 Å². The van der Waals surface area contributed by atoms with Crippen LogP contribution in [0.1, 0.15) is 85.0 Å². The van der Waals surface area contributed by atoms with Crippen LogP contribution in [0.4, 0.5) is 5.69 Å². The molecule has 2 aromatic rings. The number of benzene rings is 2. The first-order valence-electron chi connectivity index (χ1n) is 17.8. The number of carbonyl (C=O) groups is 2. The average molecular weight is 692 g/mol. The SMILES string of the molecule is COc1ccc2c(c1)C=C(C(=O)N1C[C@@H](C)O[C@@H](C)C1)CN1c3cc(C(=O)NS(=O)(=O)N4CCN(C)CC4)ccc3C(C3CCCCC3)C21. The highest BCUT2D eigenvalue weighted by Gasteiger charge is 2.46. The zero-order chi connectivity index (χ0) is 34.4. The Hall–Kier alpha value is -3.45. The van der Waals surface area contributed by atoms with Crippen molar-refractivity contribution < 1.29 is 27.5 Å². The summed E-state index contributed by atoms with van der Waals surface area (Å²) in [6, 6.07) is 11.7. The molecule has 0 bridgehead atoms. The van der Waals surface area contributed by atoms with Gasteiger partial charge in [0.15, 0.2) is 0 Å². The maximum absolute atomic E-state index is 14.4. The molecule has 0 radical (unpaired) electrons. The molecule has 0 spiro atoms. The molecule has 4 aliphatic heterocycles. The third kappa shape index (κ3) is 6.72. The molecule has 12 heteroatoms. The fraction of sp³-hybridized carbons (Fsp3) is 0.568. The van der Waals surface area contributed by atoms with Gasteiger partial charge in [0.05, 0.1) is 25.4 Å². The van der Waals surface area contributed by atoms with E-state index in [0.717, 1.165) is 41.0 Å². The van der Waals surface area contributed by atoms with Crippen LogP contribution in [0.15, 0.2) is 42.0 Å². The first-order chi connectivity index (χ1) is 23.5. The van der Waals surface area contributed by atoms with Gasteiger partial charge in [-0.1, -0.05) is 31.4 Å². The van der Waals surface area contributed by atoms with Crippen molar-refractivity contribution in [3.05, 3.63) is 64.2 Å². The van der Waals surface area contributed by atoms with E-state index >= 15 is 0 Å². The zero-order valence-corrected chi connectivity index (χ0v) is 29.9. The van der Waals surface area contributed by atoms with E-state index in [1.807, 2.05) is 56.1 Å². The number of amides is 2. The minimum atomic E-state index is -4.00. The summed E-state index contributed by atoms with van der Waals surface area (Å²) in [5.74, 6) is 0.649. The molecule has 2 saturated heterocycles. The summed E-state index contributed by atoms with van der Waals surface area (Å²) in [7, 11) is -0.392. The number of rotatable bonds is 6. The van der Waals surface area contributed by atoms with Gasteiger partial charge in [0.2, 0.25) is 0 Å². The Morgan fingerprint density at radius 1 is 0.918 bits per heavy atom. The average Bonchev–Trinajstić information content (AvgIpc) is 3.30. The number of ether oxygens (including phenoxy) is 2. The summed E-state index contributed by atoms with van der Waals surface area (Å²) in [5.41, 5.74) is 5.08. The molecular weight excluding hydrogens is 643 g/mol. The summed E-state index contributed by atoms with van der Waals surface area (Å²) >= 11 is 0. The summed E-state index contributed by atoms with van der Waals surface area (Å²) < 4.78 is 41.8. The van der Waals surface area contributed by atoms with Gasteiger partial charge >= 0.3 is 10.2 Å². The normalized spacial score (nSPS) is 26.7. The summed E-state index contributed by atoms with van der Waals surface area (Å²) in [6.07, 6.45) is 7.73.